The standard InChI is InChI=1S/C21H25NO4/c1-16-5-7-17(8-6-16)12-21(15-23)14-22(9-10-26-21)13-18-3-2-4-19(11-18)20(24)25/h2-8,11,23H,9-10,12-15H2,1H3,(H,24,25). The number of aliphatic hydroxyl groups is 1. The monoisotopic (exact) mass is 355 g/mol. The van der Waals surface area contributed by atoms with Crippen LogP contribution in [-0.4, -0.2) is 53.0 Å². The number of hydrogen-bond acceptors (Lipinski definition) is 4. The summed E-state index contributed by atoms with van der Waals surface area (Å²) in [7, 11) is 0. The number of aliphatic hydroxyl groups excluding tert-OH is 1. The van der Waals surface area contributed by atoms with Crippen LogP contribution in [0.25, 0.3) is 0 Å². The number of aromatic carboxylic acids is 1. The van der Waals surface area contributed by atoms with Crippen LogP contribution in [0.2, 0.25) is 0 Å². The van der Waals surface area contributed by atoms with Gasteiger partial charge in [-0.25, -0.2) is 4.79 Å². The number of ether oxygens (including phenoxy) is 1. The van der Waals surface area contributed by atoms with E-state index in [2.05, 4.69) is 36.1 Å². The second-order valence-electron chi connectivity index (χ2n) is 7.07. The number of aryl methyl sites for hydroxylation is 1. The van der Waals surface area contributed by atoms with Crippen molar-refractivity contribution in [2.45, 2.75) is 25.5 Å². The molecule has 138 valence electrons. The van der Waals surface area contributed by atoms with Gasteiger partial charge in [0.05, 0.1) is 18.8 Å². The summed E-state index contributed by atoms with van der Waals surface area (Å²) in [6.45, 7) is 4.55. The van der Waals surface area contributed by atoms with E-state index in [-0.39, 0.29) is 6.61 Å². The van der Waals surface area contributed by atoms with Gasteiger partial charge in [0.15, 0.2) is 0 Å². The zero-order chi connectivity index (χ0) is 18.6. The van der Waals surface area contributed by atoms with Gasteiger partial charge in [-0.05, 0) is 30.2 Å². The molecule has 0 spiro atoms. The lowest BCUT2D eigenvalue weighted by molar-refractivity contribution is -0.134. The third kappa shape index (κ3) is 4.49. The Morgan fingerprint density at radius 1 is 1.19 bits per heavy atom. The molecule has 5 nitrogen and oxygen atoms in total. The fraction of sp³-hybridized carbons (Fsp3) is 0.381. The number of carbonyl (C=O) groups is 1. The highest BCUT2D eigenvalue weighted by molar-refractivity contribution is 5.87. The maximum Gasteiger partial charge on any atom is 0.335 e. The van der Waals surface area contributed by atoms with Gasteiger partial charge in [-0.2, -0.15) is 0 Å². The molecule has 26 heavy (non-hydrogen) atoms. The summed E-state index contributed by atoms with van der Waals surface area (Å²) >= 11 is 0. The zero-order valence-electron chi connectivity index (χ0n) is 15.0. The van der Waals surface area contributed by atoms with E-state index in [1.54, 1.807) is 18.2 Å². The Balaban J connectivity index is 1.71. The number of carboxylic acid groups (broad SMARTS) is 1. The first-order chi connectivity index (χ1) is 12.5. The van der Waals surface area contributed by atoms with Crippen LogP contribution in [0.15, 0.2) is 48.5 Å². The van der Waals surface area contributed by atoms with Crippen molar-refractivity contribution in [1.82, 2.24) is 4.90 Å². The molecular weight excluding hydrogens is 330 g/mol. The summed E-state index contributed by atoms with van der Waals surface area (Å²) in [5.41, 5.74) is 2.96. The molecule has 3 rings (SSSR count). The highest BCUT2D eigenvalue weighted by atomic mass is 16.5. The maximum absolute atomic E-state index is 11.2. The van der Waals surface area contributed by atoms with E-state index in [1.807, 2.05) is 6.07 Å². The molecule has 1 unspecified atom stereocenters. The summed E-state index contributed by atoms with van der Waals surface area (Å²) in [5, 5.41) is 19.2. The Morgan fingerprint density at radius 3 is 2.65 bits per heavy atom. The molecule has 0 radical (unpaired) electrons. The van der Waals surface area contributed by atoms with Crippen LogP contribution >= 0.6 is 0 Å². The number of benzene rings is 2. The first-order valence-corrected chi connectivity index (χ1v) is 8.85. The first-order valence-electron chi connectivity index (χ1n) is 8.85. The van der Waals surface area contributed by atoms with E-state index < -0.39 is 11.6 Å². The molecule has 1 atom stereocenters. The molecule has 0 aliphatic carbocycles. The van der Waals surface area contributed by atoms with Gasteiger partial charge < -0.3 is 14.9 Å². The Hall–Kier alpha value is -2.21. The molecular formula is C21H25NO4. The topological polar surface area (TPSA) is 70.0 Å². The van der Waals surface area contributed by atoms with Crippen LogP contribution < -0.4 is 0 Å². The van der Waals surface area contributed by atoms with E-state index in [9.17, 15) is 9.90 Å². The van der Waals surface area contributed by atoms with Gasteiger partial charge in [0.2, 0.25) is 0 Å². The molecule has 2 N–H and O–H groups in total. The summed E-state index contributed by atoms with van der Waals surface area (Å²) < 4.78 is 5.99. The van der Waals surface area contributed by atoms with E-state index in [1.165, 1.54) is 5.56 Å². The fourth-order valence-electron chi connectivity index (χ4n) is 3.46. The molecule has 0 aromatic heterocycles. The second kappa shape index (κ2) is 7.99. The number of carboxylic acids is 1. The van der Waals surface area contributed by atoms with E-state index in [4.69, 9.17) is 9.84 Å². The van der Waals surface area contributed by atoms with Crippen molar-refractivity contribution in [2.24, 2.45) is 0 Å². The largest absolute Gasteiger partial charge is 0.478 e. The SMILES string of the molecule is Cc1ccc(CC2(CO)CN(Cc3cccc(C(=O)O)c3)CCO2)cc1. The van der Waals surface area contributed by atoms with Crippen molar-refractivity contribution in [3.05, 3.63) is 70.8 Å². The lowest BCUT2D eigenvalue weighted by Gasteiger charge is -2.42. The van der Waals surface area contributed by atoms with Crippen LogP contribution in [0, 0.1) is 6.92 Å². The van der Waals surface area contributed by atoms with Gasteiger partial charge in [-0.15, -0.1) is 0 Å². The number of morpholine rings is 1. The fourth-order valence-corrected chi connectivity index (χ4v) is 3.46. The average molecular weight is 355 g/mol. The Bertz CT molecular complexity index is 759. The van der Waals surface area contributed by atoms with Crippen molar-refractivity contribution in [3.63, 3.8) is 0 Å². The van der Waals surface area contributed by atoms with Crippen LogP contribution in [0.5, 0.6) is 0 Å². The van der Waals surface area contributed by atoms with Crippen LogP contribution in [-0.2, 0) is 17.7 Å². The predicted octanol–water partition coefficient (Wildman–Crippen LogP) is 2.50. The summed E-state index contributed by atoms with van der Waals surface area (Å²) in [5.74, 6) is -0.919. The number of nitrogens with zero attached hydrogens (tertiary/aromatic N) is 1. The van der Waals surface area contributed by atoms with E-state index in [0.717, 1.165) is 17.7 Å². The van der Waals surface area contributed by atoms with Crippen molar-refractivity contribution in [3.8, 4) is 0 Å². The van der Waals surface area contributed by atoms with Gasteiger partial charge in [0.1, 0.15) is 5.60 Å². The van der Waals surface area contributed by atoms with Gasteiger partial charge in [0, 0.05) is 26.1 Å². The summed E-state index contributed by atoms with van der Waals surface area (Å²) in [6.07, 6.45) is 0.648. The predicted molar refractivity (Wildman–Crippen MR) is 99.3 cm³/mol. The van der Waals surface area contributed by atoms with Crippen molar-refractivity contribution in [2.75, 3.05) is 26.3 Å². The highest BCUT2D eigenvalue weighted by Gasteiger charge is 2.36. The smallest absolute Gasteiger partial charge is 0.335 e. The van der Waals surface area contributed by atoms with Crippen LogP contribution in [0.1, 0.15) is 27.0 Å². The van der Waals surface area contributed by atoms with Crippen molar-refractivity contribution in [1.29, 1.82) is 0 Å². The number of hydrogen-bond donors (Lipinski definition) is 2. The zero-order valence-corrected chi connectivity index (χ0v) is 15.0. The number of rotatable bonds is 6. The average Bonchev–Trinajstić information content (AvgIpc) is 2.64. The third-order valence-corrected chi connectivity index (χ3v) is 4.84. The molecule has 1 aliphatic rings. The third-order valence-electron chi connectivity index (χ3n) is 4.84. The minimum absolute atomic E-state index is 0.0491. The molecule has 1 aliphatic heterocycles. The molecule has 0 saturated carbocycles. The molecule has 2 aromatic rings. The van der Waals surface area contributed by atoms with Gasteiger partial charge in [-0.3, -0.25) is 4.90 Å². The van der Waals surface area contributed by atoms with Gasteiger partial charge in [-0.1, -0.05) is 42.0 Å². The Morgan fingerprint density at radius 2 is 1.96 bits per heavy atom. The Labute approximate surface area is 153 Å². The molecule has 1 saturated heterocycles. The minimum atomic E-state index is -0.919. The molecule has 2 aromatic carbocycles. The minimum Gasteiger partial charge on any atom is -0.478 e. The van der Waals surface area contributed by atoms with Gasteiger partial charge >= 0.3 is 5.97 Å². The summed E-state index contributed by atoms with van der Waals surface area (Å²) in [4.78, 5) is 13.4. The van der Waals surface area contributed by atoms with Crippen LogP contribution in [0.4, 0.5) is 0 Å². The molecule has 1 fully saturated rings. The summed E-state index contributed by atoms with van der Waals surface area (Å²) in [6, 6.07) is 15.3. The lowest BCUT2D eigenvalue weighted by atomic mass is 9.92. The molecule has 5 heteroatoms. The van der Waals surface area contributed by atoms with E-state index in [0.29, 0.717) is 31.7 Å². The lowest BCUT2D eigenvalue weighted by Crippen LogP contribution is -2.55. The maximum atomic E-state index is 11.2. The van der Waals surface area contributed by atoms with Crippen molar-refractivity contribution >= 4 is 5.97 Å². The second-order valence-corrected chi connectivity index (χ2v) is 7.07. The van der Waals surface area contributed by atoms with Gasteiger partial charge in [0.25, 0.3) is 0 Å². The quantitative estimate of drug-likeness (QED) is 0.833. The van der Waals surface area contributed by atoms with E-state index >= 15 is 0 Å². The highest BCUT2D eigenvalue weighted by Crippen LogP contribution is 2.24. The normalized spacial score (nSPS) is 20.8. The molecule has 1 heterocycles. The molecule has 0 amide bonds. The van der Waals surface area contributed by atoms with Crippen molar-refractivity contribution < 1.29 is 19.7 Å². The van der Waals surface area contributed by atoms with Crippen LogP contribution in [0.3, 0.4) is 0 Å². The molecule has 0 bridgehead atoms. The first kappa shape index (κ1) is 18.6. The Kier molecular flexibility index (Phi) is 5.71.